The minimum Gasteiger partial charge on any atom is -0.492 e. The maximum Gasteiger partial charge on any atom is 0.333 e. The Hall–Kier alpha value is -4.61. The van der Waals surface area contributed by atoms with Crippen LogP contribution in [0.4, 0.5) is 11.4 Å². The zero-order chi connectivity index (χ0) is 49.3. The molecule has 2 atom stereocenters. The zero-order valence-electron chi connectivity index (χ0n) is 38.8. The Bertz CT molecular complexity index is 2740. The summed E-state index contributed by atoms with van der Waals surface area (Å²) in [4.78, 5) is 19.7. The second-order valence-corrected chi connectivity index (χ2v) is 23.2. The van der Waals surface area contributed by atoms with Crippen molar-refractivity contribution in [3.63, 3.8) is 0 Å². The van der Waals surface area contributed by atoms with Crippen molar-refractivity contribution < 1.29 is 72.4 Å². The maximum absolute atomic E-state index is 12.9. The average molecular weight is 981 g/mol. The topological polar surface area (TPSA) is 249 Å². The minimum atomic E-state index is -4.62. The molecule has 2 aliphatic heterocycles. The third kappa shape index (κ3) is 11.2. The molecular formula is C45H62N3O15S3+. The Morgan fingerprint density at radius 1 is 0.803 bits per heavy atom. The summed E-state index contributed by atoms with van der Waals surface area (Å²) in [5.74, 6) is -1.88. The summed E-state index contributed by atoms with van der Waals surface area (Å²) in [6.07, 6.45) is 7.07. The normalized spacial score (nSPS) is 19.9. The van der Waals surface area contributed by atoms with E-state index < -0.39 is 69.9 Å². The van der Waals surface area contributed by atoms with Gasteiger partial charge in [0.15, 0.2) is 12.3 Å². The van der Waals surface area contributed by atoms with Gasteiger partial charge < -0.3 is 29.4 Å². The van der Waals surface area contributed by atoms with Crippen LogP contribution < -0.4 is 9.74 Å². The van der Waals surface area contributed by atoms with Gasteiger partial charge in [0.25, 0.3) is 30.4 Å². The Balaban J connectivity index is 1.66. The summed E-state index contributed by atoms with van der Waals surface area (Å²) in [7, 11) is -8.92. The van der Waals surface area contributed by atoms with Crippen LogP contribution in [-0.4, -0.2) is 118 Å². The summed E-state index contributed by atoms with van der Waals surface area (Å²) in [5.41, 5.74) is 0.628. The lowest BCUT2D eigenvalue weighted by molar-refractivity contribution is -0.441. The van der Waals surface area contributed by atoms with Gasteiger partial charge in [-0.25, -0.2) is 4.79 Å². The molecule has 0 aliphatic carbocycles. The molecule has 2 aliphatic rings. The van der Waals surface area contributed by atoms with Gasteiger partial charge in [0.2, 0.25) is 17.4 Å². The van der Waals surface area contributed by atoms with E-state index in [1.165, 1.54) is 36.4 Å². The van der Waals surface area contributed by atoms with Crippen LogP contribution in [0, 0.1) is 5.41 Å². The van der Waals surface area contributed by atoms with Crippen LogP contribution in [0.15, 0.2) is 82.2 Å². The molecule has 0 saturated heterocycles. The summed E-state index contributed by atoms with van der Waals surface area (Å²) >= 11 is 0. The Morgan fingerprint density at radius 3 is 1.97 bits per heavy atom. The fourth-order valence-corrected chi connectivity index (χ4v) is 11.2. The van der Waals surface area contributed by atoms with Crippen LogP contribution in [0.3, 0.4) is 0 Å². The van der Waals surface area contributed by atoms with Crippen molar-refractivity contribution in [3.05, 3.63) is 83.6 Å². The predicted octanol–water partition coefficient (Wildman–Crippen LogP) is 6.04. The van der Waals surface area contributed by atoms with Crippen LogP contribution in [0.2, 0.25) is 0 Å². The smallest absolute Gasteiger partial charge is 0.333 e. The number of fused-ring (bicyclic) bond motifs is 2. The van der Waals surface area contributed by atoms with E-state index in [1.54, 1.807) is 26.4 Å². The molecule has 4 N–H and O–H groups in total. The van der Waals surface area contributed by atoms with Crippen LogP contribution >= 0.6 is 0 Å². The molecule has 1 aromatic heterocycles. The van der Waals surface area contributed by atoms with E-state index in [-0.39, 0.29) is 48.0 Å². The van der Waals surface area contributed by atoms with Crippen molar-refractivity contribution in [2.75, 3.05) is 51.7 Å². The lowest BCUT2D eigenvalue weighted by atomic mass is 9.75. The highest BCUT2D eigenvalue weighted by atomic mass is 32.2. The SMILES string of the molecule is COCC[N+]1=C(C=CC=C2N(C(C)(C)CC(C)(C)CCC(=O)On3c(O)ccc3O)c3ccc(S(=O)(=O)O)cc3C2(C)CCOC)C(C)(CCCS(=O)(=O)OC)c2cc(S(=O)(=O)O)ccc21. The first-order valence-electron chi connectivity index (χ1n) is 21.2. The molecule has 3 heterocycles. The predicted molar refractivity (Wildman–Crippen MR) is 246 cm³/mol. The molecule has 21 heteroatoms. The van der Waals surface area contributed by atoms with Crippen LogP contribution in [0.25, 0.3) is 0 Å². The fraction of sp³-hybridized carbons (Fsp3) is 0.511. The molecule has 0 saturated carbocycles. The molecule has 66 heavy (non-hydrogen) atoms. The lowest BCUT2D eigenvalue weighted by Crippen LogP contribution is -2.47. The molecule has 3 aromatic rings. The minimum absolute atomic E-state index is 0.0616. The van der Waals surface area contributed by atoms with Gasteiger partial charge in [-0.1, -0.05) is 19.9 Å². The number of carbonyl (C=O) groups is 1. The number of rotatable bonds is 22. The second kappa shape index (κ2) is 19.5. The Kier molecular flexibility index (Phi) is 15.5. The molecule has 18 nitrogen and oxygen atoms in total. The third-order valence-electron chi connectivity index (χ3n) is 12.6. The van der Waals surface area contributed by atoms with E-state index in [0.717, 1.165) is 12.8 Å². The van der Waals surface area contributed by atoms with E-state index in [1.807, 2.05) is 64.3 Å². The number of anilines is 1. The number of benzene rings is 2. The van der Waals surface area contributed by atoms with Crippen molar-refractivity contribution in [1.82, 2.24) is 4.73 Å². The molecule has 0 bridgehead atoms. The highest BCUT2D eigenvalue weighted by molar-refractivity contribution is 7.86. The van der Waals surface area contributed by atoms with Crippen molar-refractivity contribution in [2.24, 2.45) is 5.41 Å². The second-order valence-electron chi connectivity index (χ2n) is 18.5. The fourth-order valence-electron chi connectivity index (χ4n) is 9.52. The van der Waals surface area contributed by atoms with Gasteiger partial charge in [0, 0.05) is 79.4 Å². The Morgan fingerprint density at radius 2 is 1.39 bits per heavy atom. The molecule has 0 amide bonds. The highest BCUT2D eigenvalue weighted by Crippen LogP contribution is 2.55. The summed E-state index contributed by atoms with van der Waals surface area (Å²) in [5, 5.41) is 20.0. The van der Waals surface area contributed by atoms with Gasteiger partial charge in [-0.2, -0.15) is 29.8 Å². The van der Waals surface area contributed by atoms with Gasteiger partial charge in [-0.15, -0.1) is 4.73 Å². The maximum atomic E-state index is 12.9. The highest BCUT2D eigenvalue weighted by Gasteiger charge is 2.51. The van der Waals surface area contributed by atoms with E-state index in [0.29, 0.717) is 58.8 Å². The van der Waals surface area contributed by atoms with E-state index in [4.69, 9.17) is 18.5 Å². The van der Waals surface area contributed by atoms with E-state index in [9.17, 15) is 49.4 Å². The number of methoxy groups -OCH3 is 2. The standard InChI is InChI=1S/C45H61N3O15S3/c1-42(2,22-20-41(51)63-48-39(49)18-19-40(48)50)30-43(3,4)47-36-17-15-32(66(57,58)59)29-34(36)45(6,23-25-60-7)38(47)13-10-12-37-44(5,21-11-27-64(52,53)62-9)33-28-31(65(54,55)56)14-16-35(33)46(37)24-26-61-8/h10,12-19,28-29H,11,20-27,30H2,1-9H3,(H3-,49,50,54,55,56,57,58,59)/p+1. The molecule has 0 radical (unpaired) electrons. The number of hydrogen-bond acceptors (Lipinski definition) is 14. The summed E-state index contributed by atoms with van der Waals surface area (Å²) in [6, 6.07) is 11.1. The number of carbonyl (C=O) groups excluding carboxylic acids is 1. The lowest BCUT2D eigenvalue weighted by Gasteiger charge is -2.45. The van der Waals surface area contributed by atoms with Crippen LogP contribution in [0.1, 0.15) is 91.2 Å². The first-order chi connectivity index (χ1) is 30.5. The van der Waals surface area contributed by atoms with Crippen LogP contribution in [0.5, 0.6) is 11.8 Å². The van der Waals surface area contributed by atoms with Gasteiger partial charge in [0.1, 0.15) is 6.61 Å². The van der Waals surface area contributed by atoms with Gasteiger partial charge in [0.05, 0.1) is 28.1 Å². The van der Waals surface area contributed by atoms with Crippen molar-refractivity contribution >= 4 is 53.4 Å². The number of allylic oxidation sites excluding steroid dienone is 4. The monoisotopic (exact) mass is 980 g/mol. The zero-order valence-corrected chi connectivity index (χ0v) is 41.2. The molecule has 0 fully saturated rings. The first-order valence-corrected chi connectivity index (χ1v) is 25.7. The third-order valence-corrected chi connectivity index (χ3v) is 15.6. The van der Waals surface area contributed by atoms with Crippen molar-refractivity contribution in [1.29, 1.82) is 0 Å². The van der Waals surface area contributed by atoms with Crippen molar-refractivity contribution in [3.8, 4) is 11.8 Å². The number of hydrogen-bond donors (Lipinski definition) is 4. The summed E-state index contributed by atoms with van der Waals surface area (Å²) in [6.45, 7) is 12.7. The number of ether oxygens (including phenoxy) is 2. The van der Waals surface area contributed by atoms with Gasteiger partial charge >= 0.3 is 5.97 Å². The quantitative estimate of drug-likeness (QED) is 0.0509. The number of nitrogens with zero attached hydrogens (tertiary/aromatic N) is 3. The first kappa shape index (κ1) is 52.4. The molecular weight excluding hydrogens is 919 g/mol. The van der Waals surface area contributed by atoms with E-state index >= 15 is 0 Å². The molecule has 0 spiro atoms. The molecule has 5 rings (SSSR count). The average Bonchev–Trinajstić information content (AvgIpc) is 3.76. The van der Waals surface area contributed by atoms with E-state index in [2.05, 4.69) is 4.90 Å². The molecule has 364 valence electrons. The Labute approximate surface area is 387 Å². The van der Waals surface area contributed by atoms with Crippen molar-refractivity contribution in [2.45, 2.75) is 106 Å². The van der Waals surface area contributed by atoms with Gasteiger partial charge in [-0.05, 0) is 107 Å². The van der Waals surface area contributed by atoms with Crippen LogP contribution in [-0.2, 0) is 59.6 Å². The van der Waals surface area contributed by atoms with Gasteiger partial charge in [-0.3, -0.25) is 13.3 Å². The number of aromatic hydroxyl groups is 2. The largest absolute Gasteiger partial charge is 0.492 e. The molecule has 2 unspecified atom stereocenters. The number of aromatic nitrogens is 1. The summed E-state index contributed by atoms with van der Waals surface area (Å²) < 4.78 is 114. The molecule has 2 aromatic carbocycles.